The fraction of sp³-hybridized carbons (Fsp3) is 0.381. The maximum Gasteiger partial charge on any atom is 0.184 e. The van der Waals surface area contributed by atoms with Gasteiger partial charge in [-0.25, -0.2) is 14.4 Å². The highest BCUT2D eigenvalue weighted by atomic mass is 35.5. The summed E-state index contributed by atoms with van der Waals surface area (Å²) in [5.41, 5.74) is 3.46. The molecule has 2 bridgehead atoms. The third-order valence-corrected chi connectivity index (χ3v) is 6.95. The van der Waals surface area contributed by atoms with Gasteiger partial charge in [0.25, 0.3) is 0 Å². The van der Waals surface area contributed by atoms with Crippen LogP contribution in [0.25, 0.3) is 27.1 Å². The molecule has 30 heavy (non-hydrogen) atoms. The fourth-order valence-electron chi connectivity index (χ4n) is 4.72. The van der Waals surface area contributed by atoms with Crippen molar-refractivity contribution < 1.29 is 4.39 Å². The Kier molecular flexibility index (Phi) is 4.88. The number of hydrogen-bond donors (Lipinski definition) is 2. The maximum absolute atomic E-state index is 14.5. The molecular weight excluding hydrogens is 423 g/mol. The average molecular weight is 445 g/mol. The van der Waals surface area contributed by atoms with Gasteiger partial charge in [-0.3, -0.25) is 4.98 Å². The highest BCUT2D eigenvalue weighted by molar-refractivity contribution is 7.22. The van der Waals surface area contributed by atoms with E-state index in [1.54, 1.807) is 21.9 Å². The summed E-state index contributed by atoms with van der Waals surface area (Å²) in [6, 6.07) is 5.26. The summed E-state index contributed by atoms with van der Waals surface area (Å²) >= 11 is 1.64. The van der Waals surface area contributed by atoms with Crippen LogP contribution in [0.3, 0.4) is 0 Å². The number of pyridine rings is 2. The Hall–Kier alpha value is -2.29. The molecule has 0 radical (unpaired) electrons. The van der Waals surface area contributed by atoms with Crippen molar-refractivity contribution in [3.8, 4) is 11.3 Å². The quantitative estimate of drug-likeness (QED) is 0.484. The molecule has 9 heteroatoms. The van der Waals surface area contributed by atoms with Gasteiger partial charge < -0.3 is 15.0 Å². The number of hydrogen-bond acceptors (Lipinski definition) is 6. The van der Waals surface area contributed by atoms with Crippen molar-refractivity contribution in [3.05, 3.63) is 42.2 Å². The van der Waals surface area contributed by atoms with E-state index >= 15 is 0 Å². The SMILES string of the molecule is Cc1cn2cc(-c3cc4sc(N[C@@H]5C[C@H]6CC[C@@H](C5)N6)nc4cn3)cc(F)c2n1.Cl. The first-order valence-corrected chi connectivity index (χ1v) is 10.9. The van der Waals surface area contributed by atoms with Gasteiger partial charge in [0.15, 0.2) is 16.6 Å². The minimum Gasteiger partial charge on any atom is -0.359 e. The molecule has 2 aliphatic heterocycles. The molecule has 2 N–H and O–H groups in total. The number of thiazole rings is 1. The summed E-state index contributed by atoms with van der Waals surface area (Å²) in [4.78, 5) is 13.5. The van der Waals surface area contributed by atoms with Crippen LogP contribution in [0.5, 0.6) is 0 Å². The number of halogens is 2. The number of nitrogens with one attached hydrogen (secondary N) is 2. The first-order valence-electron chi connectivity index (χ1n) is 10.0. The molecule has 6 nitrogen and oxygen atoms in total. The van der Waals surface area contributed by atoms with Crippen molar-refractivity contribution >= 4 is 44.7 Å². The van der Waals surface area contributed by atoms with E-state index < -0.39 is 0 Å². The average Bonchev–Trinajstić information content (AvgIpc) is 3.36. The zero-order valence-corrected chi connectivity index (χ0v) is 18.1. The van der Waals surface area contributed by atoms with Crippen molar-refractivity contribution in [3.63, 3.8) is 0 Å². The second-order valence-electron chi connectivity index (χ2n) is 8.20. The normalized spacial score (nSPS) is 23.1. The molecule has 2 aliphatic rings. The molecular formula is C21H22ClFN6S. The van der Waals surface area contributed by atoms with Crippen LogP contribution in [-0.4, -0.2) is 37.5 Å². The van der Waals surface area contributed by atoms with Crippen LogP contribution in [-0.2, 0) is 0 Å². The van der Waals surface area contributed by atoms with Crippen molar-refractivity contribution in [1.82, 2.24) is 24.7 Å². The molecule has 0 unspecified atom stereocenters. The Morgan fingerprint density at radius 1 is 1.17 bits per heavy atom. The van der Waals surface area contributed by atoms with Crippen LogP contribution < -0.4 is 10.6 Å². The number of nitrogens with zero attached hydrogens (tertiary/aromatic N) is 4. The Bertz CT molecular complexity index is 1230. The summed E-state index contributed by atoms with van der Waals surface area (Å²) in [6.07, 6.45) is 10.3. The van der Waals surface area contributed by atoms with E-state index in [0.717, 1.165) is 45.1 Å². The second-order valence-corrected chi connectivity index (χ2v) is 9.23. The summed E-state index contributed by atoms with van der Waals surface area (Å²) in [5, 5.41) is 8.25. The van der Waals surface area contributed by atoms with Crippen LogP contribution >= 0.6 is 23.7 Å². The zero-order valence-electron chi connectivity index (χ0n) is 16.4. The van der Waals surface area contributed by atoms with E-state index in [9.17, 15) is 4.39 Å². The standard InChI is InChI=1S/C21H21FN6S.ClH/c1-11-9-28-10-12(4-16(22)20(28)24-11)17-7-19-18(8-23-17)27-21(29-19)26-15-5-13-2-3-14(6-15)25-13;/h4,7-10,13-15,25H,2-3,5-6H2,1H3,(H,26,27);1H/t13-,14+,15-;. The monoisotopic (exact) mass is 444 g/mol. The van der Waals surface area contributed by atoms with Crippen LogP contribution in [0.2, 0.25) is 0 Å². The first kappa shape index (κ1) is 19.7. The molecule has 156 valence electrons. The third kappa shape index (κ3) is 3.42. The van der Waals surface area contributed by atoms with Crippen LogP contribution in [0.15, 0.2) is 30.7 Å². The molecule has 0 spiro atoms. The molecule has 2 saturated heterocycles. The van der Waals surface area contributed by atoms with E-state index in [2.05, 4.69) is 20.6 Å². The summed E-state index contributed by atoms with van der Waals surface area (Å²) in [5.74, 6) is -0.343. The maximum atomic E-state index is 14.5. The van der Waals surface area contributed by atoms with Crippen molar-refractivity contribution in [1.29, 1.82) is 0 Å². The minimum absolute atomic E-state index is 0. The summed E-state index contributed by atoms with van der Waals surface area (Å²) < 4.78 is 17.2. The molecule has 0 amide bonds. The second kappa shape index (κ2) is 7.44. The van der Waals surface area contributed by atoms with E-state index in [0.29, 0.717) is 23.8 Å². The zero-order chi connectivity index (χ0) is 19.5. The van der Waals surface area contributed by atoms with E-state index in [-0.39, 0.29) is 18.2 Å². The van der Waals surface area contributed by atoms with Crippen LogP contribution in [0, 0.1) is 12.7 Å². The number of aromatic nitrogens is 4. The summed E-state index contributed by atoms with van der Waals surface area (Å²) in [7, 11) is 0. The molecule has 0 aliphatic carbocycles. The topological polar surface area (TPSA) is 67.1 Å². The van der Waals surface area contributed by atoms with E-state index in [4.69, 9.17) is 4.98 Å². The van der Waals surface area contributed by atoms with Crippen molar-refractivity contribution in [2.45, 2.75) is 50.7 Å². The predicted molar refractivity (Wildman–Crippen MR) is 120 cm³/mol. The van der Waals surface area contributed by atoms with Crippen molar-refractivity contribution in [2.75, 3.05) is 5.32 Å². The molecule has 2 fully saturated rings. The Morgan fingerprint density at radius 3 is 2.77 bits per heavy atom. The van der Waals surface area contributed by atoms with Crippen LogP contribution in [0.4, 0.5) is 9.52 Å². The van der Waals surface area contributed by atoms with Crippen molar-refractivity contribution in [2.24, 2.45) is 0 Å². The molecule has 0 saturated carbocycles. The third-order valence-electron chi connectivity index (χ3n) is 6.00. The van der Waals surface area contributed by atoms with E-state index in [1.165, 1.54) is 18.9 Å². The number of rotatable bonds is 3. The molecule has 3 atom stereocenters. The highest BCUT2D eigenvalue weighted by Crippen LogP contribution is 2.33. The lowest BCUT2D eigenvalue weighted by atomic mass is 10.0. The van der Waals surface area contributed by atoms with Gasteiger partial charge in [0.05, 0.1) is 22.3 Å². The molecule has 0 aromatic carbocycles. The fourth-order valence-corrected chi connectivity index (χ4v) is 5.67. The Morgan fingerprint density at radius 2 is 1.97 bits per heavy atom. The van der Waals surface area contributed by atoms with Gasteiger partial charge in [0.2, 0.25) is 0 Å². The number of imidazole rings is 1. The first-order chi connectivity index (χ1) is 14.1. The number of anilines is 1. The number of fused-ring (bicyclic) bond motifs is 4. The molecule has 4 aromatic rings. The molecule has 6 rings (SSSR count). The summed E-state index contributed by atoms with van der Waals surface area (Å²) in [6.45, 7) is 1.86. The van der Waals surface area contributed by atoms with Gasteiger partial charge in [0.1, 0.15) is 5.52 Å². The smallest absolute Gasteiger partial charge is 0.184 e. The van der Waals surface area contributed by atoms with Gasteiger partial charge in [-0.15, -0.1) is 12.4 Å². The van der Waals surface area contributed by atoms with Gasteiger partial charge in [-0.05, 0) is 44.7 Å². The predicted octanol–water partition coefficient (Wildman–Crippen LogP) is 4.57. The highest BCUT2D eigenvalue weighted by Gasteiger charge is 2.33. The van der Waals surface area contributed by atoms with Crippen LogP contribution in [0.1, 0.15) is 31.4 Å². The molecule has 6 heterocycles. The van der Waals surface area contributed by atoms with Gasteiger partial charge in [0, 0.05) is 36.1 Å². The molecule has 4 aromatic heterocycles. The van der Waals surface area contributed by atoms with E-state index in [1.807, 2.05) is 25.4 Å². The lowest BCUT2D eigenvalue weighted by Gasteiger charge is -2.29. The lowest BCUT2D eigenvalue weighted by Crippen LogP contribution is -2.43. The minimum atomic E-state index is -0.343. The van der Waals surface area contributed by atoms with Gasteiger partial charge in [-0.2, -0.15) is 0 Å². The number of aryl methyl sites for hydroxylation is 1. The lowest BCUT2D eigenvalue weighted by molar-refractivity contribution is 0.378. The van der Waals surface area contributed by atoms with Gasteiger partial charge in [-0.1, -0.05) is 11.3 Å². The Labute approximate surface area is 183 Å². The van der Waals surface area contributed by atoms with Gasteiger partial charge >= 0.3 is 0 Å². The number of piperidine rings is 1. The Balaban J connectivity index is 0.00000193. The largest absolute Gasteiger partial charge is 0.359 e.